The highest BCUT2D eigenvalue weighted by molar-refractivity contribution is 6.11. The van der Waals surface area contributed by atoms with Crippen LogP contribution >= 0.6 is 0 Å². The molecule has 0 saturated carbocycles. The van der Waals surface area contributed by atoms with Crippen molar-refractivity contribution in [1.29, 1.82) is 0 Å². The van der Waals surface area contributed by atoms with Gasteiger partial charge in [0.15, 0.2) is 17.6 Å². The van der Waals surface area contributed by atoms with Crippen molar-refractivity contribution in [2.24, 2.45) is 0 Å². The molecule has 1 N–H and O–H groups in total. The number of esters is 1. The van der Waals surface area contributed by atoms with Crippen LogP contribution in [0.1, 0.15) is 33.3 Å². The van der Waals surface area contributed by atoms with Gasteiger partial charge in [0, 0.05) is 22.2 Å². The van der Waals surface area contributed by atoms with Crippen molar-refractivity contribution >= 4 is 22.7 Å². The zero-order valence-corrected chi connectivity index (χ0v) is 17.0. The summed E-state index contributed by atoms with van der Waals surface area (Å²) in [6.07, 6.45) is -0.988. The van der Waals surface area contributed by atoms with Crippen molar-refractivity contribution in [2.75, 3.05) is 21.3 Å². The van der Waals surface area contributed by atoms with Crippen LogP contribution in [0.4, 0.5) is 0 Å². The number of carbonyl (C=O) groups is 2. The molecule has 0 amide bonds. The van der Waals surface area contributed by atoms with Crippen molar-refractivity contribution < 1.29 is 28.5 Å². The molecule has 0 spiro atoms. The van der Waals surface area contributed by atoms with Crippen LogP contribution in [0.2, 0.25) is 0 Å². The number of ketones is 1. The first kappa shape index (κ1) is 20.3. The molecule has 3 aromatic rings. The van der Waals surface area contributed by atoms with Gasteiger partial charge in [-0.15, -0.1) is 0 Å². The molecular weight excluding hydrogens is 374 g/mol. The van der Waals surface area contributed by atoms with Crippen LogP contribution in [-0.4, -0.2) is 44.2 Å². The number of benzene rings is 2. The Morgan fingerprint density at radius 1 is 0.931 bits per heavy atom. The van der Waals surface area contributed by atoms with Gasteiger partial charge in [-0.3, -0.25) is 4.79 Å². The number of hydrogen-bond acceptors (Lipinski definition) is 6. The summed E-state index contributed by atoms with van der Waals surface area (Å²) < 4.78 is 21.3. The normalized spacial score (nSPS) is 11.8. The molecule has 3 rings (SSSR count). The Morgan fingerprint density at radius 3 is 2.28 bits per heavy atom. The van der Waals surface area contributed by atoms with E-state index in [1.807, 2.05) is 31.2 Å². The van der Waals surface area contributed by atoms with Gasteiger partial charge in [-0.25, -0.2) is 4.79 Å². The Bertz CT molecular complexity index is 1070. The fourth-order valence-electron chi connectivity index (χ4n) is 3.34. The summed E-state index contributed by atoms with van der Waals surface area (Å²) in [5.74, 6) is -0.107. The highest BCUT2D eigenvalue weighted by atomic mass is 16.6. The van der Waals surface area contributed by atoms with E-state index in [1.165, 1.54) is 27.4 Å². The third-order valence-corrected chi connectivity index (χ3v) is 4.72. The maximum atomic E-state index is 13.0. The minimum atomic E-state index is -0.988. The van der Waals surface area contributed by atoms with Gasteiger partial charge < -0.3 is 23.9 Å². The third kappa shape index (κ3) is 3.63. The number of hydrogen-bond donors (Lipinski definition) is 1. The van der Waals surface area contributed by atoms with E-state index in [0.29, 0.717) is 11.3 Å². The Labute approximate surface area is 168 Å². The lowest BCUT2D eigenvalue weighted by molar-refractivity contribution is 0.0315. The van der Waals surface area contributed by atoms with Crippen LogP contribution in [0.5, 0.6) is 17.2 Å². The average molecular weight is 397 g/mol. The van der Waals surface area contributed by atoms with E-state index in [9.17, 15) is 9.59 Å². The molecule has 7 nitrogen and oxygen atoms in total. The van der Waals surface area contributed by atoms with Crippen molar-refractivity contribution in [3.8, 4) is 17.2 Å². The van der Waals surface area contributed by atoms with Gasteiger partial charge in [0.25, 0.3) is 0 Å². The lowest BCUT2D eigenvalue weighted by Gasteiger charge is -2.17. The van der Waals surface area contributed by atoms with Gasteiger partial charge in [-0.1, -0.05) is 18.2 Å². The number of rotatable bonds is 7. The number of H-pyrrole nitrogens is 1. The summed E-state index contributed by atoms with van der Waals surface area (Å²) in [4.78, 5) is 29.0. The molecule has 1 atom stereocenters. The second-order valence-electron chi connectivity index (χ2n) is 6.46. The summed E-state index contributed by atoms with van der Waals surface area (Å²) in [6, 6.07) is 10.6. The smallest absolute Gasteiger partial charge is 0.342 e. The second kappa shape index (κ2) is 8.26. The van der Waals surface area contributed by atoms with Crippen LogP contribution < -0.4 is 14.2 Å². The first-order chi connectivity index (χ1) is 13.9. The van der Waals surface area contributed by atoms with Gasteiger partial charge >= 0.3 is 5.97 Å². The molecule has 0 aliphatic rings. The van der Waals surface area contributed by atoms with E-state index in [-0.39, 0.29) is 22.8 Å². The molecule has 0 aliphatic carbocycles. The standard InChI is InChI=1S/C22H23NO6/c1-12-18(14-8-6-7-9-16(14)23-12)19(24)13(2)29-22(25)15-10-11-17(26-3)21(28-5)20(15)27-4/h6-11,13,23H,1-5H3/t13-/m0/s1. The summed E-state index contributed by atoms with van der Waals surface area (Å²) in [6.45, 7) is 3.37. The second-order valence-corrected chi connectivity index (χ2v) is 6.46. The van der Waals surface area contributed by atoms with E-state index in [0.717, 1.165) is 16.6 Å². The van der Waals surface area contributed by atoms with E-state index < -0.39 is 12.1 Å². The first-order valence-electron chi connectivity index (χ1n) is 9.04. The molecule has 0 radical (unpaired) electrons. The van der Waals surface area contributed by atoms with E-state index in [4.69, 9.17) is 18.9 Å². The molecule has 2 aromatic carbocycles. The van der Waals surface area contributed by atoms with Gasteiger partial charge in [0.05, 0.1) is 21.3 Å². The fraction of sp³-hybridized carbons (Fsp3) is 0.273. The molecule has 0 unspecified atom stereocenters. The monoisotopic (exact) mass is 397 g/mol. The molecular formula is C22H23NO6. The number of methoxy groups -OCH3 is 3. The maximum absolute atomic E-state index is 13.0. The molecule has 0 bridgehead atoms. The average Bonchev–Trinajstić information content (AvgIpc) is 3.07. The van der Waals surface area contributed by atoms with Gasteiger partial charge in [-0.2, -0.15) is 0 Å². The molecule has 0 aliphatic heterocycles. The fourth-order valence-corrected chi connectivity index (χ4v) is 3.34. The summed E-state index contributed by atoms with van der Waals surface area (Å²) in [7, 11) is 4.35. The lowest BCUT2D eigenvalue weighted by atomic mass is 10.0. The van der Waals surface area contributed by atoms with Crippen molar-refractivity contribution in [2.45, 2.75) is 20.0 Å². The van der Waals surface area contributed by atoms with Gasteiger partial charge in [0.1, 0.15) is 5.56 Å². The summed E-state index contributed by atoms with van der Waals surface area (Å²) in [5, 5.41) is 0.793. The SMILES string of the molecule is COc1ccc(C(=O)O[C@@H](C)C(=O)c2c(C)[nH]c3ccccc23)c(OC)c1OC. The number of aromatic amines is 1. The Kier molecular flexibility index (Phi) is 5.77. The molecule has 7 heteroatoms. The molecule has 152 valence electrons. The van der Waals surface area contributed by atoms with E-state index in [1.54, 1.807) is 13.0 Å². The number of nitrogens with one attached hydrogen (secondary N) is 1. The highest BCUT2D eigenvalue weighted by Crippen LogP contribution is 2.40. The molecule has 29 heavy (non-hydrogen) atoms. The number of para-hydroxylation sites is 1. The largest absolute Gasteiger partial charge is 0.493 e. The number of Topliss-reactive ketones (excluding diaryl/α,β-unsaturated/α-hetero) is 1. The third-order valence-electron chi connectivity index (χ3n) is 4.72. The van der Waals surface area contributed by atoms with Crippen molar-refractivity contribution in [1.82, 2.24) is 4.98 Å². The van der Waals surface area contributed by atoms with Crippen molar-refractivity contribution in [3.63, 3.8) is 0 Å². The quantitative estimate of drug-likeness (QED) is 0.480. The Balaban J connectivity index is 1.89. The number of aryl methyl sites for hydroxylation is 1. The zero-order chi connectivity index (χ0) is 21.1. The predicted molar refractivity (Wildman–Crippen MR) is 108 cm³/mol. The summed E-state index contributed by atoms with van der Waals surface area (Å²) >= 11 is 0. The number of ether oxygens (including phenoxy) is 4. The first-order valence-corrected chi connectivity index (χ1v) is 9.04. The predicted octanol–water partition coefficient (Wildman–Crippen LogP) is 3.93. The highest BCUT2D eigenvalue weighted by Gasteiger charge is 2.27. The number of carbonyl (C=O) groups excluding carboxylic acids is 2. The molecule has 1 aromatic heterocycles. The molecule has 1 heterocycles. The van der Waals surface area contributed by atoms with Crippen LogP contribution in [0.3, 0.4) is 0 Å². The van der Waals surface area contributed by atoms with Crippen molar-refractivity contribution in [3.05, 3.63) is 53.2 Å². The van der Waals surface area contributed by atoms with Crippen LogP contribution in [-0.2, 0) is 4.74 Å². The number of aromatic nitrogens is 1. The van der Waals surface area contributed by atoms with Gasteiger partial charge in [-0.05, 0) is 32.0 Å². The summed E-state index contributed by atoms with van der Waals surface area (Å²) in [5.41, 5.74) is 2.23. The molecule has 0 saturated heterocycles. The van der Waals surface area contributed by atoms with E-state index >= 15 is 0 Å². The van der Waals surface area contributed by atoms with Crippen LogP contribution in [0, 0.1) is 6.92 Å². The Morgan fingerprint density at radius 2 is 1.62 bits per heavy atom. The Hall–Kier alpha value is -3.48. The zero-order valence-electron chi connectivity index (χ0n) is 17.0. The van der Waals surface area contributed by atoms with E-state index in [2.05, 4.69) is 4.98 Å². The maximum Gasteiger partial charge on any atom is 0.342 e. The van der Waals surface area contributed by atoms with Gasteiger partial charge in [0.2, 0.25) is 11.5 Å². The topological polar surface area (TPSA) is 86.9 Å². The molecule has 0 fully saturated rings. The lowest BCUT2D eigenvalue weighted by Crippen LogP contribution is -2.25. The minimum Gasteiger partial charge on any atom is -0.493 e. The minimum absolute atomic E-state index is 0.139. The number of fused-ring (bicyclic) bond motifs is 1. The van der Waals surface area contributed by atoms with Crippen LogP contribution in [0.15, 0.2) is 36.4 Å². The van der Waals surface area contributed by atoms with Crippen LogP contribution in [0.25, 0.3) is 10.9 Å².